The van der Waals surface area contributed by atoms with E-state index < -0.39 is 0 Å². The normalized spacial score (nSPS) is 10.8. The van der Waals surface area contributed by atoms with Crippen molar-refractivity contribution in [2.24, 2.45) is 5.10 Å². The summed E-state index contributed by atoms with van der Waals surface area (Å²) in [5.74, 6) is 0. The Bertz CT molecular complexity index is 878. The van der Waals surface area contributed by atoms with Crippen LogP contribution in [0.5, 0.6) is 0 Å². The predicted molar refractivity (Wildman–Crippen MR) is 93.0 cm³/mol. The van der Waals surface area contributed by atoms with Crippen LogP contribution in [0.15, 0.2) is 75.4 Å². The van der Waals surface area contributed by atoms with Gasteiger partial charge >= 0.3 is 0 Å². The number of hydrogen-bond acceptors (Lipinski definition) is 5. The summed E-state index contributed by atoms with van der Waals surface area (Å²) < 4.78 is 1.69. The Hall–Kier alpha value is -2.80. The molecule has 0 atom stereocenters. The number of halogens is 1. The molecule has 0 amide bonds. The highest BCUT2D eigenvalue weighted by atomic mass is 79.9. The highest BCUT2D eigenvalue weighted by Crippen LogP contribution is 2.17. The maximum absolute atomic E-state index is 12.4. The van der Waals surface area contributed by atoms with Crippen LogP contribution in [0.25, 0.3) is 5.69 Å². The zero-order chi connectivity index (χ0) is 16.1. The van der Waals surface area contributed by atoms with Crippen LogP contribution in [0, 0.1) is 0 Å². The molecule has 0 spiro atoms. The SMILES string of the molecule is O=c1c(Br)c(NN=Cc2ccncc2)cnn1-c1ccccc1. The molecule has 0 aliphatic heterocycles. The number of aromatic nitrogens is 3. The van der Waals surface area contributed by atoms with E-state index in [1.165, 1.54) is 4.68 Å². The van der Waals surface area contributed by atoms with Gasteiger partial charge in [-0.2, -0.15) is 14.9 Å². The lowest BCUT2D eigenvalue weighted by Crippen LogP contribution is -2.22. The van der Waals surface area contributed by atoms with Gasteiger partial charge in [0.2, 0.25) is 0 Å². The molecule has 0 saturated carbocycles. The van der Waals surface area contributed by atoms with Gasteiger partial charge in [-0.05, 0) is 45.8 Å². The number of hydrazone groups is 1. The van der Waals surface area contributed by atoms with E-state index in [1.54, 1.807) is 24.8 Å². The van der Waals surface area contributed by atoms with Crippen molar-refractivity contribution in [1.29, 1.82) is 0 Å². The first-order valence-corrected chi connectivity index (χ1v) is 7.57. The molecule has 7 heteroatoms. The summed E-state index contributed by atoms with van der Waals surface area (Å²) in [5.41, 5.74) is 4.63. The maximum atomic E-state index is 12.4. The molecule has 3 rings (SSSR count). The van der Waals surface area contributed by atoms with E-state index >= 15 is 0 Å². The summed E-state index contributed by atoms with van der Waals surface area (Å²) in [4.78, 5) is 16.3. The van der Waals surface area contributed by atoms with Gasteiger partial charge in [-0.1, -0.05) is 18.2 Å². The Balaban J connectivity index is 1.84. The summed E-state index contributed by atoms with van der Waals surface area (Å²) in [7, 11) is 0. The van der Waals surface area contributed by atoms with Crippen molar-refractivity contribution in [2.75, 3.05) is 5.43 Å². The second kappa shape index (κ2) is 6.97. The van der Waals surface area contributed by atoms with Crippen molar-refractivity contribution in [2.45, 2.75) is 0 Å². The van der Waals surface area contributed by atoms with Crippen LogP contribution >= 0.6 is 15.9 Å². The average molecular weight is 370 g/mol. The van der Waals surface area contributed by atoms with Gasteiger partial charge in [-0.3, -0.25) is 15.2 Å². The number of nitrogens with one attached hydrogen (secondary N) is 1. The molecular formula is C16H12BrN5O. The van der Waals surface area contributed by atoms with Crippen molar-refractivity contribution in [1.82, 2.24) is 14.8 Å². The van der Waals surface area contributed by atoms with Crippen LogP contribution in [-0.2, 0) is 0 Å². The highest BCUT2D eigenvalue weighted by Gasteiger charge is 2.09. The van der Waals surface area contributed by atoms with Gasteiger partial charge in [-0.15, -0.1) is 0 Å². The first-order valence-electron chi connectivity index (χ1n) is 6.78. The van der Waals surface area contributed by atoms with Crippen molar-refractivity contribution in [3.05, 3.63) is 81.4 Å². The van der Waals surface area contributed by atoms with Gasteiger partial charge in [0.1, 0.15) is 4.47 Å². The minimum Gasteiger partial charge on any atom is -0.275 e. The molecule has 1 aromatic carbocycles. The number of benzene rings is 1. The van der Waals surface area contributed by atoms with Gasteiger partial charge in [0.15, 0.2) is 0 Å². The Morgan fingerprint density at radius 3 is 2.61 bits per heavy atom. The van der Waals surface area contributed by atoms with Crippen molar-refractivity contribution in [3.63, 3.8) is 0 Å². The Morgan fingerprint density at radius 1 is 1.13 bits per heavy atom. The van der Waals surface area contributed by atoms with Crippen LogP contribution < -0.4 is 11.0 Å². The minimum atomic E-state index is -0.264. The molecule has 6 nitrogen and oxygen atoms in total. The molecule has 0 bridgehead atoms. The number of para-hydroxylation sites is 1. The second-order valence-corrected chi connectivity index (χ2v) is 5.37. The molecule has 3 aromatic rings. The van der Waals surface area contributed by atoms with Gasteiger partial charge in [0.05, 0.1) is 23.8 Å². The summed E-state index contributed by atoms with van der Waals surface area (Å²) in [6, 6.07) is 12.9. The lowest BCUT2D eigenvalue weighted by atomic mass is 10.3. The molecular weight excluding hydrogens is 358 g/mol. The third-order valence-corrected chi connectivity index (χ3v) is 3.79. The van der Waals surface area contributed by atoms with Crippen LogP contribution in [0.1, 0.15) is 5.56 Å². The molecule has 0 aliphatic rings. The number of hydrogen-bond donors (Lipinski definition) is 1. The standard InChI is InChI=1S/C16H12BrN5O/c17-15-14(21-19-10-12-6-8-18-9-7-12)11-20-22(16(15)23)13-4-2-1-3-5-13/h1-11,21H. The molecule has 2 heterocycles. The van der Waals surface area contributed by atoms with Crippen molar-refractivity contribution < 1.29 is 0 Å². The van der Waals surface area contributed by atoms with Gasteiger partial charge in [-0.25, -0.2) is 0 Å². The van der Waals surface area contributed by atoms with Crippen LogP contribution in [0.4, 0.5) is 5.69 Å². The molecule has 0 saturated heterocycles. The summed E-state index contributed by atoms with van der Waals surface area (Å²) in [6.07, 6.45) is 6.54. The molecule has 0 radical (unpaired) electrons. The fraction of sp³-hybridized carbons (Fsp3) is 0. The Kier molecular flexibility index (Phi) is 4.58. The van der Waals surface area contributed by atoms with E-state index in [9.17, 15) is 4.79 Å². The molecule has 2 aromatic heterocycles. The van der Waals surface area contributed by atoms with E-state index in [2.05, 4.69) is 36.5 Å². The molecule has 114 valence electrons. The van der Waals surface area contributed by atoms with Crippen LogP contribution in [0.3, 0.4) is 0 Å². The summed E-state index contributed by atoms with van der Waals surface area (Å²) >= 11 is 3.30. The van der Waals surface area contributed by atoms with Gasteiger partial charge in [0.25, 0.3) is 5.56 Å². The summed E-state index contributed by atoms with van der Waals surface area (Å²) in [6.45, 7) is 0. The highest BCUT2D eigenvalue weighted by molar-refractivity contribution is 9.10. The van der Waals surface area contributed by atoms with Crippen LogP contribution in [0.2, 0.25) is 0 Å². The Morgan fingerprint density at radius 2 is 1.87 bits per heavy atom. The third kappa shape index (κ3) is 3.51. The van der Waals surface area contributed by atoms with E-state index in [4.69, 9.17) is 0 Å². The third-order valence-electron chi connectivity index (χ3n) is 3.02. The zero-order valence-electron chi connectivity index (χ0n) is 11.9. The quantitative estimate of drug-likeness (QED) is 0.566. The topological polar surface area (TPSA) is 72.2 Å². The fourth-order valence-electron chi connectivity index (χ4n) is 1.89. The monoisotopic (exact) mass is 369 g/mol. The smallest absolute Gasteiger partial charge is 0.275 e. The number of nitrogens with zero attached hydrogens (tertiary/aromatic N) is 4. The molecule has 0 aliphatic carbocycles. The zero-order valence-corrected chi connectivity index (χ0v) is 13.5. The van der Waals surface area contributed by atoms with Crippen molar-refractivity contribution in [3.8, 4) is 5.69 Å². The minimum absolute atomic E-state index is 0.264. The lowest BCUT2D eigenvalue weighted by Gasteiger charge is -2.07. The first-order chi connectivity index (χ1) is 11.3. The van der Waals surface area contributed by atoms with Gasteiger partial charge in [0, 0.05) is 12.4 Å². The average Bonchev–Trinajstić information content (AvgIpc) is 2.60. The molecule has 23 heavy (non-hydrogen) atoms. The number of pyridine rings is 1. The first kappa shape index (κ1) is 15.1. The van der Waals surface area contributed by atoms with Crippen LogP contribution in [-0.4, -0.2) is 21.0 Å². The van der Waals surface area contributed by atoms with Gasteiger partial charge < -0.3 is 0 Å². The lowest BCUT2D eigenvalue weighted by molar-refractivity contribution is 0.801. The second-order valence-electron chi connectivity index (χ2n) is 4.58. The summed E-state index contributed by atoms with van der Waals surface area (Å²) in [5, 5.41) is 8.26. The largest absolute Gasteiger partial charge is 0.287 e. The Labute approximate surface area is 140 Å². The maximum Gasteiger partial charge on any atom is 0.287 e. The van der Waals surface area contributed by atoms with E-state index in [0.29, 0.717) is 15.8 Å². The fourth-order valence-corrected chi connectivity index (χ4v) is 2.25. The van der Waals surface area contributed by atoms with E-state index in [-0.39, 0.29) is 5.56 Å². The molecule has 1 N–H and O–H groups in total. The van der Waals surface area contributed by atoms with Crippen molar-refractivity contribution >= 4 is 27.8 Å². The number of rotatable bonds is 4. The van der Waals surface area contributed by atoms with E-state index in [0.717, 1.165) is 5.56 Å². The molecule has 0 unspecified atom stereocenters. The molecule has 0 fully saturated rings. The predicted octanol–water partition coefficient (Wildman–Crippen LogP) is 2.84. The number of anilines is 1. The van der Waals surface area contributed by atoms with E-state index in [1.807, 2.05) is 42.5 Å².